The third-order valence-electron chi connectivity index (χ3n) is 3.34. The van der Waals surface area contributed by atoms with Crippen molar-refractivity contribution in [2.45, 2.75) is 4.90 Å². The van der Waals surface area contributed by atoms with Crippen molar-refractivity contribution < 1.29 is 24.0 Å². The molecule has 0 aliphatic carbocycles. The highest BCUT2D eigenvalue weighted by molar-refractivity contribution is 7.98. The van der Waals surface area contributed by atoms with Gasteiger partial charge in [-0.1, -0.05) is 0 Å². The van der Waals surface area contributed by atoms with Crippen LogP contribution in [0.15, 0.2) is 47.4 Å². The summed E-state index contributed by atoms with van der Waals surface area (Å²) >= 11 is 1.38. The van der Waals surface area contributed by atoms with E-state index in [1.54, 1.807) is 30.3 Å². The molecule has 2 aromatic rings. The van der Waals surface area contributed by atoms with Crippen molar-refractivity contribution in [1.29, 1.82) is 0 Å². The molecule has 0 atom stereocenters. The quantitative estimate of drug-likeness (QED) is 0.342. The molecule has 0 aliphatic heterocycles. The number of anilines is 1. The lowest BCUT2D eigenvalue weighted by atomic mass is 10.1. The molecule has 1 amide bonds. The molecule has 136 valence electrons. The number of nitrogens with zero attached hydrogens (tertiary/aromatic N) is 1. The van der Waals surface area contributed by atoms with Gasteiger partial charge in [0.05, 0.1) is 12.0 Å². The second kappa shape index (κ2) is 8.86. The maximum Gasteiger partial charge on any atom is 0.343 e. The first-order chi connectivity index (χ1) is 12.4. The molecule has 0 spiro atoms. The molecule has 0 aliphatic rings. The molecule has 0 aromatic heterocycles. The molecular formula is C17H16N2O6S. The number of benzene rings is 2. The number of amides is 1. The average molecular weight is 376 g/mol. The Kier molecular flexibility index (Phi) is 6.56. The van der Waals surface area contributed by atoms with Gasteiger partial charge in [-0.3, -0.25) is 14.9 Å². The van der Waals surface area contributed by atoms with E-state index in [9.17, 15) is 19.7 Å². The number of hydrogen-bond donors (Lipinski definition) is 1. The summed E-state index contributed by atoms with van der Waals surface area (Å²) < 4.78 is 9.67. The van der Waals surface area contributed by atoms with Crippen LogP contribution < -0.4 is 10.1 Å². The normalized spacial score (nSPS) is 10.1. The van der Waals surface area contributed by atoms with Gasteiger partial charge in [0, 0.05) is 16.6 Å². The largest absolute Gasteiger partial charge is 0.482 e. The Hall–Kier alpha value is -3.07. The number of nitro groups is 1. The molecule has 26 heavy (non-hydrogen) atoms. The zero-order valence-corrected chi connectivity index (χ0v) is 14.9. The van der Waals surface area contributed by atoms with Crippen molar-refractivity contribution in [2.75, 3.05) is 25.3 Å². The molecule has 0 saturated carbocycles. The molecule has 0 heterocycles. The summed E-state index contributed by atoms with van der Waals surface area (Å²) in [4.78, 5) is 34.7. The predicted molar refractivity (Wildman–Crippen MR) is 96.8 cm³/mol. The number of carbonyl (C=O) groups excluding carboxylic acids is 2. The number of rotatable bonds is 7. The lowest BCUT2D eigenvalue weighted by Crippen LogP contribution is -2.14. The number of nitrogens with one attached hydrogen (secondary N) is 1. The van der Waals surface area contributed by atoms with Crippen LogP contribution in [0.4, 0.5) is 11.4 Å². The summed E-state index contributed by atoms with van der Waals surface area (Å²) in [6, 6.07) is 10.6. The van der Waals surface area contributed by atoms with E-state index in [0.29, 0.717) is 11.4 Å². The van der Waals surface area contributed by atoms with Gasteiger partial charge in [-0.25, -0.2) is 4.79 Å². The van der Waals surface area contributed by atoms with Gasteiger partial charge in [-0.05, 0) is 42.7 Å². The second-order valence-electron chi connectivity index (χ2n) is 4.98. The van der Waals surface area contributed by atoms with Crippen LogP contribution in [0, 0.1) is 10.1 Å². The van der Waals surface area contributed by atoms with Crippen molar-refractivity contribution >= 4 is 35.0 Å². The summed E-state index contributed by atoms with van der Waals surface area (Å²) in [5.74, 6) is -0.678. The van der Waals surface area contributed by atoms with Gasteiger partial charge in [0.15, 0.2) is 6.61 Å². The first-order valence-electron chi connectivity index (χ1n) is 7.38. The lowest BCUT2D eigenvalue weighted by molar-refractivity contribution is -0.385. The molecule has 0 saturated heterocycles. The highest BCUT2D eigenvalue weighted by atomic mass is 32.2. The maximum absolute atomic E-state index is 12.4. The number of hydrogen-bond acceptors (Lipinski definition) is 7. The SMILES string of the molecule is COC(=O)COc1ccc(NC(=O)c2cc(SC)ccc2[N+](=O)[O-])cc1. The molecule has 0 unspecified atom stereocenters. The van der Waals surface area contributed by atoms with Crippen LogP contribution in [-0.4, -0.2) is 36.8 Å². The molecular weight excluding hydrogens is 360 g/mol. The monoisotopic (exact) mass is 376 g/mol. The molecule has 2 aromatic carbocycles. The highest BCUT2D eigenvalue weighted by Crippen LogP contribution is 2.26. The van der Waals surface area contributed by atoms with E-state index in [-0.39, 0.29) is 17.9 Å². The average Bonchev–Trinajstić information content (AvgIpc) is 2.66. The van der Waals surface area contributed by atoms with E-state index >= 15 is 0 Å². The third-order valence-corrected chi connectivity index (χ3v) is 4.07. The number of esters is 1. The van der Waals surface area contributed by atoms with Gasteiger partial charge in [-0.15, -0.1) is 11.8 Å². The Labute approximate surface area is 153 Å². The van der Waals surface area contributed by atoms with Gasteiger partial charge in [0.2, 0.25) is 0 Å². The Morgan fingerprint density at radius 3 is 2.46 bits per heavy atom. The third kappa shape index (κ3) is 4.96. The Morgan fingerprint density at radius 1 is 1.19 bits per heavy atom. The molecule has 2 rings (SSSR count). The fraction of sp³-hybridized carbons (Fsp3) is 0.176. The van der Waals surface area contributed by atoms with Gasteiger partial charge in [-0.2, -0.15) is 0 Å². The van der Waals surface area contributed by atoms with Crippen LogP contribution in [0.25, 0.3) is 0 Å². The van der Waals surface area contributed by atoms with Gasteiger partial charge >= 0.3 is 5.97 Å². The fourth-order valence-electron chi connectivity index (χ4n) is 2.02. The van der Waals surface area contributed by atoms with E-state index in [4.69, 9.17) is 4.74 Å². The second-order valence-corrected chi connectivity index (χ2v) is 5.86. The number of carbonyl (C=O) groups is 2. The van der Waals surface area contributed by atoms with E-state index in [1.807, 2.05) is 6.26 Å². The van der Waals surface area contributed by atoms with Crippen molar-refractivity contribution in [3.63, 3.8) is 0 Å². The smallest absolute Gasteiger partial charge is 0.343 e. The minimum Gasteiger partial charge on any atom is -0.482 e. The van der Waals surface area contributed by atoms with Crippen LogP contribution in [0.5, 0.6) is 5.75 Å². The summed E-state index contributed by atoms with van der Waals surface area (Å²) in [5.41, 5.74) is 0.149. The molecule has 0 bridgehead atoms. The number of thioether (sulfide) groups is 1. The van der Waals surface area contributed by atoms with E-state index in [0.717, 1.165) is 4.90 Å². The Bertz CT molecular complexity index is 823. The van der Waals surface area contributed by atoms with Crippen LogP contribution >= 0.6 is 11.8 Å². The summed E-state index contributed by atoms with van der Waals surface area (Å²) in [5, 5.41) is 13.7. The minimum atomic E-state index is -0.594. The summed E-state index contributed by atoms with van der Waals surface area (Å²) in [6.45, 7) is -0.226. The van der Waals surface area contributed by atoms with Gasteiger partial charge < -0.3 is 14.8 Å². The Balaban J connectivity index is 2.12. The Morgan fingerprint density at radius 2 is 1.88 bits per heavy atom. The van der Waals surface area contributed by atoms with Crippen molar-refractivity contribution in [3.05, 3.63) is 58.1 Å². The van der Waals surface area contributed by atoms with Crippen LogP contribution in [0.2, 0.25) is 0 Å². The topological polar surface area (TPSA) is 108 Å². The summed E-state index contributed by atoms with van der Waals surface area (Å²) in [6.07, 6.45) is 1.82. The van der Waals surface area contributed by atoms with Crippen molar-refractivity contribution in [2.24, 2.45) is 0 Å². The van der Waals surface area contributed by atoms with Gasteiger partial charge in [0.25, 0.3) is 11.6 Å². The summed E-state index contributed by atoms with van der Waals surface area (Å²) in [7, 11) is 1.26. The standard InChI is InChI=1S/C17H16N2O6S/c1-24-16(20)10-25-12-5-3-11(4-6-12)18-17(21)14-9-13(26-2)7-8-15(14)19(22)23/h3-9H,10H2,1-2H3,(H,18,21). The van der Waals surface area contributed by atoms with E-state index in [2.05, 4.69) is 10.1 Å². The van der Waals surface area contributed by atoms with Crippen molar-refractivity contribution in [3.8, 4) is 5.75 Å². The van der Waals surface area contributed by atoms with Crippen LogP contribution in [0.1, 0.15) is 10.4 Å². The van der Waals surface area contributed by atoms with E-state index < -0.39 is 16.8 Å². The van der Waals surface area contributed by atoms with E-state index in [1.165, 1.54) is 31.0 Å². The molecule has 1 N–H and O–H groups in total. The molecule has 0 radical (unpaired) electrons. The lowest BCUT2D eigenvalue weighted by Gasteiger charge is -2.09. The maximum atomic E-state index is 12.4. The van der Waals surface area contributed by atoms with Gasteiger partial charge in [0.1, 0.15) is 11.3 Å². The zero-order chi connectivity index (χ0) is 19.1. The van der Waals surface area contributed by atoms with Crippen LogP contribution in [-0.2, 0) is 9.53 Å². The first kappa shape index (κ1) is 19.3. The number of ether oxygens (including phenoxy) is 2. The van der Waals surface area contributed by atoms with Crippen LogP contribution in [0.3, 0.4) is 0 Å². The predicted octanol–water partition coefficient (Wildman–Crippen LogP) is 3.12. The fourth-order valence-corrected chi connectivity index (χ4v) is 2.46. The molecule has 8 nitrogen and oxygen atoms in total. The highest BCUT2D eigenvalue weighted by Gasteiger charge is 2.20. The minimum absolute atomic E-state index is 0.0205. The number of nitro benzene ring substituents is 1. The molecule has 9 heteroatoms. The van der Waals surface area contributed by atoms with Crippen molar-refractivity contribution in [1.82, 2.24) is 0 Å². The zero-order valence-electron chi connectivity index (χ0n) is 14.1. The number of methoxy groups -OCH3 is 1. The molecule has 0 fully saturated rings. The first-order valence-corrected chi connectivity index (χ1v) is 8.60.